The molecule has 8 heteroatoms. The number of likely N-dealkylation sites (tertiary alicyclic amines) is 1. The number of para-hydroxylation sites is 1. The SMILES string of the molecule is CNc1nc([C@H]2CCCN2C(=O)COc2ccccc2)nc2c1CCN(C(C)=O)C2. The van der Waals surface area contributed by atoms with E-state index in [1.54, 1.807) is 11.8 Å². The molecule has 1 aromatic carbocycles. The molecule has 2 aliphatic rings. The average Bonchev–Trinajstić information content (AvgIpc) is 3.27. The fourth-order valence-corrected chi connectivity index (χ4v) is 4.15. The Balaban J connectivity index is 1.54. The molecular weight excluding hydrogens is 382 g/mol. The van der Waals surface area contributed by atoms with Gasteiger partial charge in [-0.3, -0.25) is 9.59 Å². The van der Waals surface area contributed by atoms with Crippen LogP contribution >= 0.6 is 0 Å². The van der Waals surface area contributed by atoms with E-state index in [4.69, 9.17) is 14.7 Å². The number of amides is 2. The van der Waals surface area contributed by atoms with Gasteiger partial charge in [-0.1, -0.05) is 18.2 Å². The lowest BCUT2D eigenvalue weighted by atomic mass is 10.0. The van der Waals surface area contributed by atoms with E-state index in [0.717, 1.165) is 36.3 Å². The smallest absolute Gasteiger partial charge is 0.261 e. The maximum Gasteiger partial charge on any atom is 0.261 e. The summed E-state index contributed by atoms with van der Waals surface area (Å²) in [4.78, 5) is 37.9. The van der Waals surface area contributed by atoms with Gasteiger partial charge in [-0.05, 0) is 31.4 Å². The van der Waals surface area contributed by atoms with Crippen LogP contribution in [0, 0.1) is 0 Å². The first-order valence-electron chi connectivity index (χ1n) is 10.4. The van der Waals surface area contributed by atoms with Crippen molar-refractivity contribution < 1.29 is 14.3 Å². The molecule has 158 valence electrons. The second-order valence-corrected chi connectivity index (χ2v) is 7.64. The van der Waals surface area contributed by atoms with Gasteiger partial charge < -0.3 is 19.9 Å². The van der Waals surface area contributed by atoms with Crippen molar-refractivity contribution in [1.82, 2.24) is 19.8 Å². The quantitative estimate of drug-likeness (QED) is 0.814. The Kier molecular flexibility index (Phi) is 5.83. The first-order valence-corrected chi connectivity index (χ1v) is 10.4. The van der Waals surface area contributed by atoms with Crippen LogP contribution in [0.4, 0.5) is 5.82 Å². The highest BCUT2D eigenvalue weighted by atomic mass is 16.5. The number of rotatable bonds is 5. The standard InChI is InChI=1S/C22H27N5O3/c1-15(28)26-12-10-17-18(13-26)24-22(25-21(17)23-2)19-9-6-11-27(19)20(29)14-30-16-7-4-3-5-8-16/h3-5,7-8,19H,6,9-14H2,1-2H3,(H,23,24,25)/t19-/m1/s1. The van der Waals surface area contributed by atoms with Crippen molar-refractivity contribution in [2.75, 3.05) is 32.1 Å². The van der Waals surface area contributed by atoms with Gasteiger partial charge in [0.1, 0.15) is 11.6 Å². The van der Waals surface area contributed by atoms with Crippen molar-refractivity contribution in [3.05, 3.63) is 47.4 Å². The summed E-state index contributed by atoms with van der Waals surface area (Å²) in [6.45, 7) is 3.38. The van der Waals surface area contributed by atoms with E-state index < -0.39 is 0 Å². The maximum atomic E-state index is 12.9. The minimum atomic E-state index is -0.179. The number of benzene rings is 1. The second kappa shape index (κ2) is 8.69. The van der Waals surface area contributed by atoms with E-state index in [0.29, 0.717) is 31.2 Å². The third kappa shape index (κ3) is 4.08. The largest absolute Gasteiger partial charge is 0.484 e. The monoisotopic (exact) mass is 409 g/mol. The van der Waals surface area contributed by atoms with Gasteiger partial charge in [0.15, 0.2) is 12.4 Å². The second-order valence-electron chi connectivity index (χ2n) is 7.64. The fraction of sp³-hybridized carbons (Fsp3) is 0.455. The molecule has 4 rings (SSSR count). The van der Waals surface area contributed by atoms with Crippen LogP contribution in [0.15, 0.2) is 30.3 Å². The molecule has 0 spiro atoms. The predicted molar refractivity (Wildman–Crippen MR) is 112 cm³/mol. The van der Waals surface area contributed by atoms with Gasteiger partial charge in [-0.15, -0.1) is 0 Å². The first-order chi connectivity index (χ1) is 14.6. The van der Waals surface area contributed by atoms with Crippen molar-refractivity contribution in [1.29, 1.82) is 0 Å². The molecule has 2 amide bonds. The molecule has 0 saturated carbocycles. The summed E-state index contributed by atoms with van der Waals surface area (Å²) in [5, 5.41) is 3.17. The number of hydrogen-bond donors (Lipinski definition) is 1. The molecule has 2 aliphatic heterocycles. The van der Waals surface area contributed by atoms with Crippen molar-refractivity contribution in [2.24, 2.45) is 0 Å². The molecule has 1 saturated heterocycles. The molecule has 30 heavy (non-hydrogen) atoms. The van der Waals surface area contributed by atoms with Crippen LogP contribution in [-0.2, 0) is 22.6 Å². The predicted octanol–water partition coefficient (Wildman–Crippen LogP) is 2.17. The van der Waals surface area contributed by atoms with Gasteiger partial charge in [-0.25, -0.2) is 9.97 Å². The number of aromatic nitrogens is 2. The molecule has 1 fully saturated rings. The van der Waals surface area contributed by atoms with Crippen LogP contribution in [-0.4, -0.2) is 58.3 Å². The zero-order valence-corrected chi connectivity index (χ0v) is 17.4. The van der Waals surface area contributed by atoms with Gasteiger partial charge >= 0.3 is 0 Å². The Morgan fingerprint density at radius 3 is 2.73 bits per heavy atom. The number of nitrogens with one attached hydrogen (secondary N) is 1. The summed E-state index contributed by atoms with van der Waals surface area (Å²) in [6, 6.07) is 9.15. The summed E-state index contributed by atoms with van der Waals surface area (Å²) in [5.74, 6) is 2.07. The summed E-state index contributed by atoms with van der Waals surface area (Å²) in [7, 11) is 1.84. The number of carbonyl (C=O) groups is 2. The van der Waals surface area contributed by atoms with Gasteiger partial charge in [0.05, 0.1) is 18.3 Å². The Bertz CT molecular complexity index is 934. The average molecular weight is 409 g/mol. The third-order valence-corrected chi connectivity index (χ3v) is 5.74. The maximum absolute atomic E-state index is 12.9. The summed E-state index contributed by atoms with van der Waals surface area (Å²) >= 11 is 0. The molecule has 3 heterocycles. The third-order valence-electron chi connectivity index (χ3n) is 5.74. The van der Waals surface area contributed by atoms with Gasteiger partial charge in [0.2, 0.25) is 5.91 Å². The molecule has 1 N–H and O–H groups in total. The van der Waals surface area contributed by atoms with Crippen molar-refractivity contribution in [2.45, 2.75) is 38.8 Å². The van der Waals surface area contributed by atoms with Gasteiger partial charge in [0, 0.05) is 32.6 Å². The Morgan fingerprint density at radius 2 is 2.00 bits per heavy atom. The van der Waals surface area contributed by atoms with Gasteiger partial charge in [-0.2, -0.15) is 0 Å². The van der Waals surface area contributed by atoms with E-state index in [1.165, 1.54) is 0 Å². The van der Waals surface area contributed by atoms with E-state index in [1.807, 2.05) is 42.3 Å². The molecule has 0 radical (unpaired) electrons. The van der Waals surface area contributed by atoms with Crippen molar-refractivity contribution >= 4 is 17.6 Å². The minimum absolute atomic E-state index is 0.0115. The van der Waals surface area contributed by atoms with Crippen molar-refractivity contribution in [3.63, 3.8) is 0 Å². The number of ether oxygens (including phenoxy) is 1. The molecule has 1 aromatic heterocycles. The van der Waals surface area contributed by atoms with Crippen LogP contribution in [0.5, 0.6) is 5.75 Å². The van der Waals surface area contributed by atoms with E-state index in [2.05, 4.69) is 5.32 Å². The van der Waals surface area contributed by atoms with E-state index in [9.17, 15) is 9.59 Å². The molecule has 0 aliphatic carbocycles. The Morgan fingerprint density at radius 1 is 1.20 bits per heavy atom. The summed E-state index contributed by atoms with van der Waals surface area (Å²) in [6.07, 6.45) is 2.44. The lowest BCUT2D eigenvalue weighted by molar-refractivity contribution is -0.134. The van der Waals surface area contributed by atoms with Crippen LogP contribution in [0.3, 0.4) is 0 Å². The number of nitrogens with zero attached hydrogens (tertiary/aromatic N) is 4. The topological polar surface area (TPSA) is 87.7 Å². The van der Waals surface area contributed by atoms with Gasteiger partial charge in [0.25, 0.3) is 5.91 Å². The normalized spacial score (nSPS) is 18.1. The highest BCUT2D eigenvalue weighted by Crippen LogP contribution is 2.33. The van der Waals surface area contributed by atoms with Crippen LogP contribution in [0.1, 0.15) is 42.9 Å². The number of anilines is 1. The zero-order valence-electron chi connectivity index (χ0n) is 17.4. The number of hydrogen-bond acceptors (Lipinski definition) is 6. The first kappa shape index (κ1) is 20.1. The van der Waals surface area contributed by atoms with E-state index in [-0.39, 0.29) is 24.5 Å². The van der Waals surface area contributed by atoms with Crippen molar-refractivity contribution in [3.8, 4) is 5.75 Å². The lowest BCUT2D eigenvalue weighted by Gasteiger charge is -2.30. The van der Waals surface area contributed by atoms with Crippen LogP contribution < -0.4 is 10.1 Å². The summed E-state index contributed by atoms with van der Waals surface area (Å²) in [5.41, 5.74) is 1.92. The Hall–Kier alpha value is -3.16. The fourth-order valence-electron chi connectivity index (χ4n) is 4.15. The molecule has 8 nitrogen and oxygen atoms in total. The van der Waals surface area contributed by atoms with E-state index >= 15 is 0 Å². The number of fused-ring (bicyclic) bond motifs is 1. The highest BCUT2D eigenvalue weighted by Gasteiger charge is 2.34. The zero-order chi connectivity index (χ0) is 21.1. The molecular formula is C22H27N5O3. The molecule has 0 unspecified atom stereocenters. The highest BCUT2D eigenvalue weighted by molar-refractivity contribution is 5.78. The minimum Gasteiger partial charge on any atom is -0.484 e. The number of carbonyl (C=O) groups excluding carboxylic acids is 2. The molecule has 2 aromatic rings. The molecule has 1 atom stereocenters. The Labute approximate surface area is 176 Å². The molecule has 0 bridgehead atoms. The van der Waals surface area contributed by atoms with Crippen LogP contribution in [0.2, 0.25) is 0 Å². The van der Waals surface area contributed by atoms with Crippen LogP contribution in [0.25, 0.3) is 0 Å². The lowest BCUT2D eigenvalue weighted by Crippen LogP contribution is -2.37. The summed E-state index contributed by atoms with van der Waals surface area (Å²) < 4.78 is 5.65.